The summed E-state index contributed by atoms with van der Waals surface area (Å²) in [7, 11) is 0. The van der Waals surface area contributed by atoms with Gasteiger partial charge in [0.2, 0.25) is 0 Å². The van der Waals surface area contributed by atoms with E-state index >= 15 is 0 Å². The van der Waals surface area contributed by atoms with Gasteiger partial charge in [-0.05, 0) is 24.3 Å². The highest BCUT2D eigenvalue weighted by Gasteiger charge is 1.99. The second-order valence-corrected chi connectivity index (χ2v) is 2.66. The Kier molecular flexibility index (Phi) is 2.87. The maximum atomic E-state index is 11.2. The van der Waals surface area contributed by atoms with Gasteiger partial charge in [-0.15, -0.1) is 5.73 Å². The van der Waals surface area contributed by atoms with Crippen LogP contribution in [0.4, 0.5) is 0 Å². The predicted molar refractivity (Wildman–Crippen MR) is 49.5 cm³/mol. The number of hydrogen-bond donors (Lipinski definition) is 0. The molecule has 0 aliphatic rings. The van der Waals surface area contributed by atoms with Gasteiger partial charge in [0.1, 0.15) is 0 Å². The number of ketones is 1. The van der Waals surface area contributed by atoms with Gasteiger partial charge in [-0.1, -0.05) is 18.2 Å². The summed E-state index contributed by atoms with van der Waals surface area (Å²) in [5, 5.41) is 0.620. The molecule has 1 rings (SSSR count). The van der Waals surface area contributed by atoms with Crippen molar-refractivity contribution in [1.29, 1.82) is 0 Å². The van der Waals surface area contributed by atoms with Crippen LogP contribution in [0.15, 0.2) is 42.7 Å². The second-order valence-electron chi connectivity index (χ2n) is 2.22. The lowest BCUT2D eigenvalue weighted by atomic mass is 10.1. The summed E-state index contributed by atoms with van der Waals surface area (Å²) in [6, 6.07) is 6.68. The van der Waals surface area contributed by atoms with Crippen molar-refractivity contribution in [2.45, 2.75) is 0 Å². The van der Waals surface area contributed by atoms with Gasteiger partial charge >= 0.3 is 0 Å². The molecular weight excluding hydrogens is 172 g/mol. The van der Waals surface area contributed by atoms with Crippen LogP contribution in [0.2, 0.25) is 5.02 Å². The lowest BCUT2D eigenvalue weighted by molar-refractivity contribution is 0.104. The molecule has 0 saturated heterocycles. The smallest absolute Gasteiger partial charge is 0.193 e. The minimum atomic E-state index is -0.110. The van der Waals surface area contributed by atoms with Gasteiger partial charge in [-0.25, -0.2) is 0 Å². The van der Waals surface area contributed by atoms with Gasteiger partial charge in [-0.2, -0.15) is 0 Å². The van der Waals surface area contributed by atoms with Crippen LogP contribution in [0.5, 0.6) is 0 Å². The number of halogens is 1. The van der Waals surface area contributed by atoms with Crippen LogP contribution in [0.1, 0.15) is 10.4 Å². The third kappa shape index (κ3) is 2.09. The molecule has 60 valence electrons. The van der Waals surface area contributed by atoms with Crippen LogP contribution in [-0.4, -0.2) is 5.78 Å². The Morgan fingerprint density at radius 3 is 2.50 bits per heavy atom. The van der Waals surface area contributed by atoms with E-state index in [1.807, 2.05) is 0 Å². The van der Waals surface area contributed by atoms with Crippen molar-refractivity contribution in [2.75, 3.05) is 0 Å². The molecule has 0 amide bonds. The Morgan fingerprint density at radius 1 is 1.42 bits per heavy atom. The van der Waals surface area contributed by atoms with Gasteiger partial charge in [0.05, 0.1) is 0 Å². The molecule has 2 heteroatoms. The maximum Gasteiger partial charge on any atom is 0.193 e. The monoisotopic (exact) mass is 178 g/mol. The van der Waals surface area contributed by atoms with Crippen LogP contribution in [0.3, 0.4) is 0 Å². The zero-order chi connectivity index (χ0) is 8.97. The Morgan fingerprint density at radius 2 is 2.00 bits per heavy atom. The van der Waals surface area contributed by atoms with Crippen molar-refractivity contribution < 1.29 is 4.79 Å². The van der Waals surface area contributed by atoms with Crippen molar-refractivity contribution in [1.82, 2.24) is 0 Å². The summed E-state index contributed by atoms with van der Waals surface area (Å²) >= 11 is 5.64. The number of carbonyl (C=O) groups excluding carboxylic acids is 1. The van der Waals surface area contributed by atoms with Crippen LogP contribution < -0.4 is 0 Å². The molecule has 1 aromatic rings. The third-order valence-corrected chi connectivity index (χ3v) is 1.61. The Bertz CT molecular complexity index is 331. The van der Waals surface area contributed by atoms with E-state index < -0.39 is 0 Å². The Hall–Kier alpha value is -1.30. The normalized spacial score (nSPS) is 8.75. The summed E-state index contributed by atoms with van der Waals surface area (Å²) in [6.45, 7) is 3.32. The van der Waals surface area contributed by atoms with Crippen molar-refractivity contribution in [3.8, 4) is 0 Å². The lowest BCUT2D eigenvalue weighted by Gasteiger charge is -1.93. The van der Waals surface area contributed by atoms with Crippen LogP contribution in [0, 0.1) is 0 Å². The predicted octanol–water partition coefficient (Wildman–Crippen LogP) is 2.86. The molecule has 0 spiro atoms. The molecule has 0 N–H and O–H groups in total. The minimum absolute atomic E-state index is 0.110. The fourth-order valence-electron chi connectivity index (χ4n) is 0.790. The highest BCUT2D eigenvalue weighted by atomic mass is 35.5. The van der Waals surface area contributed by atoms with Gasteiger partial charge in [0.15, 0.2) is 5.78 Å². The van der Waals surface area contributed by atoms with E-state index in [9.17, 15) is 4.79 Å². The van der Waals surface area contributed by atoms with Crippen LogP contribution in [-0.2, 0) is 0 Å². The summed E-state index contributed by atoms with van der Waals surface area (Å²) in [5.74, 6) is -0.110. The van der Waals surface area contributed by atoms with E-state index in [1.54, 1.807) is 24.3 Å². The average Bonchev–Trinajstić information content (AvgIpc) is 2.06. The van der Waals surface area contributed by atoms with Crippen LogP contribution in [0.25, 0.3) is 0 Å². The summed E-state index contributed by atoms with van der Waals surface area (Å²) in [5.41, 5.74) is 3.02. The lowest BCUT2D eigenvalue weighted by Crippen LogP contribution is -1.91. The van der Waals surface area contributed by atoms with Gasteiger partial charge in [0, 0.05) is 16.7 Å². The zero-order valence-corrected chi connectivity index (χ0v) is 7.14. The number of allylic oxidation sites excluding steroid dienone is 1. The van der Waals surface area contributed by atoms with Gasteiger partial charge < -0.3 is 0 Å². The summed E-state index contributed by atoms with van der Waals surface area (Å²) in [4.78, 5) is 11.2. The van der Waals surface area contributed by atoms with E-state index in [4.69, 9.17) is 11.6 Å². The standard InChI is InChI=1S/C10H7ClO/c1-2-3-10(12)8-4-6-9(11)7-5-8/h3-7H,1H2. The van der Waals surface area contributed by atoms with Gasteiger partial charge in [-0.3, -0.25) is 4.79 Å². The number of benzene rings is 1. The molecule has 0 saturated carbocycles. The fourth-order valence-corrected chi connectivity index (χ4v) is 0.916. The Labute approximate surface area is 76.0 Å². The first-order chi connectivity index (χ1) is 5.74. The number of carbonyl (C=O) groups is 1. The van der Waals surface area contributed by atoms with E-state index in [2.05, 4.69) is 12.3 Å². The fraction of sp³-hybridized carbons (Fsp3) is 0. The van der Waals surface area contributed by atoms with Crippen molar-refractivity contribution in [3.05, 3.63) is 53.2 Å². The van der Waals surface area contributed by atoms with E-state index in [0.717, 1.165) is 0 Å². The topological polar surface area (TPSA) is 17.1 Å². The number of rotatable bonds is 2. The quantitative estimate of drug-likeness (QED) is 0.387. The molecular formula is C10H7ClO. The molecule has 0 bridgehead atoms. The summed E-state index contributed by atoms with van der Waals surface area (Å²) in [6.07, 6.45) is 1.29. The first kappa shape index (κ1) is 8.79. The molecule has 0 atom stereocenters. The van der Waals surface area contributed by atoms with Crippen molar-refractivity contribution >= 4 is 17.4 Å². The molecule has 0 unspecified atom stereocenters. The summed E-state index contributed by atoms with van der Waals surface area (Å²) < 4.78 is 0. The van der Waals surface area contributed by atoms with E-state index in [0.29, 0.717) is 10.6 Å². The minimum Gasteiger partial charge on any atom is -0.289 e. The molecule has 0 aliphatic heterocycles. The van der Waals surface area contributed by atoms with Crippen molar-refractivity contribution in [2.24, 2.45) is 0 Å². The SMILES string of the molecule is C=C=CC(=O)c1ccc(Cl)cc1. The van der Waals surface area contributed by atoms with E-state index in [-0.39, 0.29) is 5.78 Å². The highest BCUT2D eigenvalue weighted by Crippen LogP contribution is 2.09. The van der Waals surface area contributed by atoms with E-state index in [1.165, 1.54) is 6.08 Å². The molecule has 12 heavy (non-hydrogen) atoms. The molecule has 0 fully saturated rings. The first-order valence-corrected chi connectivity index (χ1v) is 3.77. The molecule has 1 aromatic carbocycles. The maximum absolute atomic E-state index is 11.2. The average molecular weight is 179 g/mol. The molecule has 0 radical (unpaired) electrons. The molecule has 0 aliphatic carbocycles. The molecule has 0 heterocycles. The number of hydrogen-bond acceptors (Lipinski definition) is 1. The largest absolute Gasteiger partial charge is 0.289 e. The molecule has 1 nitrogen and oxygen atoms in total. The van der Waals surface area contributed by atoms with Crippen molar-refractivity contribution in [3.63, 3.8) is 0 Å². The zero-order valence-electron chi connectivity index (χ0n) is 6.38. The Balaban J connectivity index is 2.97. The second kappa shape index (κ2) is 3.91. The highest BCUT2D eigenvalue weighted by molar-refractivity contribution is 6.30. The third-order valence-electron chi connectivity index (χ3n) is 1.36. The van der Waals surface area contributed by atoms with Crippen LogP contribution >= 0.6 is 11.6 Å². The molecule has 0 aromatic heterocycles. The first-order valence-electron chi connectivity index (χ1n) is 3.40. The van der Waals surface area contributed by atoms with Gasteiger partial charge in [0.25, 0.3) is 0 Å².